The lowest BCUT2D eigenvalue weighted by molar-refractivity contribution is 0.0770. The molecule has 2 fully saturated rings. The fourth-order valence-electron chi connectivity index (χ4n) is 2.63. The van der Waals surface area contributed by atoms with Gasteiger partial charge in [0.05, 0.1) is 11.5 Å². The summed E-state index contributed by atoms with van der Waals surface area (Å²) in [5.74, 6) is 0.538. The van der Waals surface area contributed by atoms with Crippen LogP contribution in [0.4, 0.5) is 0 Å². The molecule has 0 atom stereocenters. The van der Waals surface area contributed by atoms with Crippen LogP contribution in [0, 0.1) is 0 Å². The Kier molecular flexibility index (Phi) is 4.07. The first kappa shape index (κ1) is 13.3. The molecular weight excluding hydrogens is 238 g/mol. The normalized spacial score (nSPS) is 29.0. The van der Waals surface area contributed by atoms with Crippen molar-refractivity contribution in [1.29, 1.82) is 0 Å². The summed E-state index contributed by atoms with van der Waals surface area (Å²) in [5.41, 5.74) is 9.17. The summed E-state index contributed by atoms with van der Waals surface area (Å²) >= 11 is 0. The van der Waals surface area contributed by atoms with Gasteiger partial charge in [-0.25, -0.2) is 18.9 Å². The number of rotatable bonds is 3. The van der Waals surface area contributed by atoms with E-state index < -0.39 is 9.84 Å². The van der Waals surface area contributed by atoms with E-state index in [-0.39, 0.29) is 17.0 Å². The zero-order valence-electron chi connectivity index (χ0n) is 10.3. The summed E-state index contributed by atoms with van der Waals surface area (Å²) in [7, 11) is -2.82. The second kappa shape index (κ2) is 5.22. The molecule has 0 spiro atoms. The van der Waals surface area contributed by atoms with Crippen LogP contribution in [0.2, 0.25) is 0 Å². The van der Waals surface area contributed by atoms with Gasteiger partial charge in [-0.2, -0.15) is 0 Å². The van der Waals surface area contributed by atoms with Crippen molar-refractivity contribution < 1.29 is 8.42 Å². The second-order valence-electron chi connectivity index (χ2n) is 5.30. The molecule has 0 aliphatic carbocycles. The third-order valence-electron chi connectivity index (χ3n) is 3.93. The van der Waals surface area contributed by atoms with E-state index in [4.69, 9.17) is 5.73 Å². The maximum atomic E-state index is 11.5. The number of nitrogens with one attached hydrogen (secondary N) is 1. The van der Waals surface area contributed by atoms with Gasteiger partial charge in [0.25, 0.3) is 0 Å². The van der Waals surface area contributed by atoms with Gasteiger partial charge in [-0.15, -0.1) is 0 Å². The van der Waals surface area contributed by atoms with Gasteiger partial charge in [-0.1, -0.05) is 6.42 Å². The van der Waals surface area contributed by atoms with Crippen LogP contribution >= 0.6 is 0 Å². The molecule has 0 aromatic heterocycles. The lowest BCUT2D eigenvalue weighted by atomic mass is 9.93. The predicted molar refractivity (Wildman–Crippen MR) is 68.2 cm³/mol. The van der Waals surface area contributed by atoms with Gasteiger partial charge in [0.15, 0.2) is 0 Å². The molecule has 0 amide bonds. The van der Waals surface area contributed by atoms with Gasteiger partial charge in [-0.3, -0.25) is 0 Å². The van der Waals surface area contributed by atoms with Crippen molar-refractivity contribution in [2.75, 3.05) is 31.1 Å². The minimum atomic E-state index is -2.82. The Morgan fingerprint density at radius 1 is 1.12 bits per heavy atom. The highest BCUT2D eigenvalue weighted by Crippen LogP contribution is 2.24. The quantitative estimate of drug-likeness (QED) is 0.741. The third kappa shape index (κ3) is 3.40. The van der Waals surface area contributed by atoms with Gasteiger partial charge in [0.2, 0.25) is 0 Å². The molecule has 3 N–H and O–H groups in total. The molecule has 0 radical (unpaired) electrons. The van der Waals surface area contributed by atoms with Crippen molar-refractivity contribution in [2.45, 2.75) is 37.6 Å². The van der Waals surface area contributed by atoms with Crippen molar-refractivity contribution in [3.8, 4) is 0 Å². The van der Waals surface area contributed by atoms with Crippen LogP contribution in [-0.2, 0) is 9.84 Å². The van der Waals surface area contributed by atoms with E-state index in [2.05, 4.69) is 10.4 Å². The molecule has 0 saturated carbocycles. The summed E-state index contributed by atoms with van der Waals surface area (Å²) in [5, 5.41) is 2.23. The van der Waals surface area contributed by atoms with Crippen LogP contribution in [0.1, 0.15) is 32.1 Å². The van der Waals surface area contributed by atoms with Gasteiger partial charge in [0, 0.05) is 25.2 Å². The largest absolute Gasteiger partial charge is 0.329 e. The highest BCUT2D eigenvalue weighted by Gasteiger charge is 2.37. The van der Waals surface area contributed by atoms with E-state index in [0.29, 0.717) is 19.4 Å². The molecule has 0 bridgehead atoms. The third-order valence-corrected chi connectivity index (χ3v) is 5.58. The number of hydrogen-bond donors (Lipinski definition) is 2. The van der Waals surface area contributed by atoms with Gasteiger partial charge < -0.3 is 5.73 Å². The average molecular weight is 261 g/mol. The maximum absolute atomic E-state index is 11.5. The van der Waals surface area contributed by atoms with Gasteiger partial charge in [0.1, 0.15) is 9.84 Å². The Hall–Kier alpha value is -0.170. The first-order valence-electron chi connectivity index (χ1n) is 6.49. The van der Waals surface area contributed by atoms with Crippen molar-refractivity contribution in [2.24, 2.45) is 5.73 Å². The fourth-order valence-corrected chi connectivity index (χ4v) is 4.24. The number of piperidine rings is 1. The van der Waals surface area contributed by atoms with E-state index in [0.717, 1.165) is 13.1 Å². The Bertz CT molecular complexity index is 336. The van der Waals surface area contributed by atoms with Crippen LogP contribution in [0.5, 0.6) is 0 Å². The van der Waals surface area contributed by atoms with Crippen LogP contribution in [-0.4, -0.2) is 50.1 Å². The summed E-state index contributed by atoms with van der Waals surface area (Å²) < 4.78 is 22.9. The van der Waals surface area contributed by atoms with Gasteiger partial charge in [-0.05, 0) is 25.7 Å². The Balaban J connectivity index is 1.95. The molecule has 100 valence electrons. The first-order chi connectivity index (χ1) is 8.05. The second-order valence-corrected chi connectivity index (χ2v) is 7.60. The summed E-state index contributed by atoms with van der Waals surface area (Å²) in [6, 6.07) is 0. The minimum absolute atomic E-state index is 0.192. The molecule has 2 rings (SSSR count). The molecule has 17 heavy (non-hydrogen) atoms. The van der Waals surface area contributed by atoms with E-state index in [1.165, 1.54) is 19.3 Å². The molecular formula is C11H23N3O2S. The van der Waals surface area contributed by atoms with Crippen molar-refractivity contribution in [3.05, 3.63) is 0 Å². The van der Waals surface area contributed by atoms with Crippen LogP contribution < -0.4 is 11.2 Å². The molecule has 5 nitrogen and oxygen atoms in total. The number of nitrogens with two attached hydrogens (primary N) is 1. The summed E-state index contributed by atoms with van der Waals surface area (Å²) in [6.07, 6.45) is 5.00. The van der Waals surface area contributed by atoms with Crippen molar-refractivity contribution in [3.63, 3.8) is 0 Å². The van der Waals surface area contributed by atoms with Crippen molar-refractivity contribution in [1.82, 2.24) is 10.4 Å². The minimum Gasteiger partial charge on any atom is -0.329 e. The zero-order valence-corrected chi connectivity index (χ0v) is 11.1. The molecule has 2 aliphatic rings. The standard InChI is InChI=1S/C11H23N3O2S/c12-10-11(4-8-17(15,16)9-5-11)13-14-6-2-1-3-7-14/h13H,1-10,12H2. The number of hydrogen-bond acceptors (Lipinski definition) is 5. The van der Waals surface area contributed by atoms with E-state index in [1.54, 1.807) is 0 Å². The average Bonchev–Trinajstić information content (AvgIpc) is 2.34. The molecule has 6 heteroatoms. The Labute approximate surface area is 104 Å². The highest BCUT2D eigenvalue weighted by molar-refractivity contribution is 7.91. The van der Waals surface area contributed by atoms with E-state index >= 15 is 0 Å². The number of hydrazine groups is 1. The number of nitrogens with zero attached hydrogens (tertiary/aromatic N) is 1. The number of sulfone groups is 1. The molecule has 0 aromatic rings. The molecule has 2 aliphatic heterocycles. The topological polar surface area (TPSA) is 75.4 Å². The van der Waals surface area contributed by atoms with Crippen LogP contribution in [0.15, 0.2) is 0 Å². The van der Waals surface area contributed by atoms with Crippen molar-refractivity contribution >= 4 is 9.84 Å². The van der Waals surface area contributed by atoms with Gasteiger partial charge >= 0.3 is 0 Å². The lowest BCUT2D eigenvalue weighted by Gasteiger charge is -2.42. The Morgan fingerprint density at radius 3 is 2.24 bits per heavy atom. The zero-order chi connectivity index (χ0) is 12.4. The van der Waals surface area contributed by atoms with E-state index in [9.17, 15) is 8.42 Å². The molecule has 0 aromatic carbocycles. The SMILES string of the molecule is NCC1(NN2CCCCC2)CCS(=O)(=O)CC1. The van der Waals surface area contributed by atoms with E-state index in [1.807, 2.05) is 0 Å². The first-order valence-corrected chi connectivity index (χ1v) is 8.31. The molecule has 2 saturated heterocycles. The maximum Gasteiger partial charge on any atom is 0.150 e. The molecule has 0 unspecified atom stereocenters. The predicted octanol–water partition coefficient (Wildman–Crippen LogP) is -0.117. The monoisotopic (exact) mass is 261 g/mol. The highest BCUT2D eigenvalue weighted by atomic mass is 32.2. The van der Waals surface area contributed by atoms with Crippen LogP contribution in [0.25, 0.3) is 0 Å². The summed E-state index contributed by atoms with van der Waals surface area (Å²) in [4.78, 5) is 0. The Morgan fingerprint density at radius 2 is 1.71 bits per heavy atom. The van der Waals surface area contributed by atoms with Crippen LogP contribution in [0.3, 0.4) is 0 Å². The fraction of sp³-hybridized carbons (Fsp3) is 1.00. The smallest absolute Gasteiger partial charge is 0.150 e. The molecule has 2 heterocycles. The lowest BCUT2D eigenvalue weighted by Crippen LogP contribution is -2.62. The summed E-state index contributed by atoms with van der Waals surface area (Å²) in [6.45, 7) is 2.61.